The topological polar surface area (TPSA) is 34.4 Å². The van der Waals surface area contributed by atoms with Crippen molar-refractivity contribution in [2.24, 2.45) is 5.29 Å². The van der Waals surface area contributed by atoms with Crippen molar-refractivity contribution >= 4 is 21.8 Å². The van der Waals surface area contributed by atoms with Crippen LogP contribution in [0, 0.1) is 4.91 Å². The quantitative estimate of drug-likeness (QED) is 0.458. The van der Waals surface area contributed by atoms with Gasteiger partial charge in [0.1, 0.15) is 0 Å². The third-order valence-corrected chi connectivity index (χ3v) is 3.08. The van der Waals surface area contributed by atoms with Crippen molar-refractivity contribution in [1.29, 1.82) is 0 Å². The number of nitrogens with zero attached hydrogens (tertiary/aromatic N) is 2. The molecule has 0 saturated heterocycles. The summed E-state index contributed by atoms with van der Waals surface area (Å²) in [6.07, 6.45) is 0. The molecule has 2 aromatic heterocycles. The first-order valence-corrected chi connectivity index (χ1v) is 6.06. The van der Waals surface area contributed by atoms with Gasteiger partial charge in [0.15, 0.2) is 0 Å². The van der Waals surface area contributed by atoms with Gasteiger partial charge in [-0.1, -0.05) is 48.5 Å². The minimum absolute atomic E-state index is 0.861. The van der Waals surface area contributed by atoms with E-state index in [1.807, 2.05) is 24.3 Å². The SMILES string of the molecule is O=Nn1c2ccc1cc2.c1ccc2ccccc2c1. The Balaban J connectivity index is 0.000000117. The van der Waals surface area contributed by atoms with Crippen LogP contribution < -0.4 is 0 Å². The second-order valence-electron chi connectivity index (χ2n) is 4.26. The summed E-state index contributed by atoms with van der Waals surface area (Å²) in [4.78, 5) is 10.0. The van der Waals surface area contributed by atoms with Gasteiger partial charge >= 0.3 is 0 Å². The highest BCUT2D eigenvalue weighted by Crippen LogP contribution is 2.15. The normalized spacial score (nSPS) is 10.3. The van der Waals surface area contributed by atoms with Crippen LogP contribution in [0.1, 0.15) is 0 Å². The number of hydrogen-bond donors (Lipinski definition) is 0. The summed E-state index contributed by atoms with van der Waals surface area (Å²) in [7, 11) is 0. The lowest BCUT2D eigenvalue weighted by Gasteiger charge is -1.92. The Morgan fingerprint density at radius 2 is 1.00 bits per heavy atom. The number of nitroso groups, excluding NO2 is 1. The highest BCUT2D eigenvalue weighted by molar-refractivity contribution is 5.82. The Kier molecular flexibility index (Phi) is 2.94. The molecule has 3 heteroatoms. The third-order valence-electron chi connectivity index (χ3n) is 3.08. The van der Waals surface area contributed by atoms with Crippen molar-refractivity contribution in [3.05, 3.63) is 77.7 Å². The van der Waals surface area contributed by atoms with E-state index in [1.165, 1.54) is 15.4 Å². The van der Waals surface area contributed by atoms with E-state index in [2.05, 4.69) is 53.8 Å². The summed E-state index contributed by atoms with van der Waals surface area (Å²) >= 11 is 0. The highest BCUT2D eigenvalue weighted by atomic mass is 16.3. The summed E-state index contributed by atoms with van der Waals surface area (Å²) in [6, 6.07) is 24.1. The summed E-state index contributed by atoms with van der Waals surface area (Å²) in [5, 5.41) is 5.42. The summed E-state index contributed by atoms with van der Waals surface area (Å²) in [5.74, 6) is 0. The second kappa shape index (κ2) is 4.90. The maximum Gasteiger partial charge on any atom is 0.0686 e. The van der Waals surface area contributed by atoms with Gasteiger partial charge in [-0.25, -0.2) is 0 Å². The lowest BCUT2D eigenvalue weighted by atomic mass is 10.1. The predicted octanol–water partition coefficient (Wildman–Crippen LogP) is 4.45. The molecule has 0 spiro atoms. The first-order chi connectivity index (χ1) is 9.38. The lowest BCUT2D eigenvalue weighted by Crippen LogP contribution is -1.77. The molecule has 0 N–H and O–H groups in total. The fraction of sp³-hybridized carbons (Fsp3) is 0. The van der Waals surface area contributed by atoms with Crippen LogP contribution in [-0.2, 0) is 0 Å². The molecule has 2 heterocycles. The molecule has 0 unspecified atom stereocenters. The van der Waals surface area contributed by atoms with Crippen LogP contribution in [0.4, 0.5) is 0 Å². The van der Waals surface area contributed by atoms with Gasteiger partial charge in [0, 0.05) is 0 Å². The van der Waals surface area contributed by atoms with E-state index < -0.39 is 0 Å². The van der Waals surface area contributed by atoms with Crippen LogP contribution in [0.5, 0.6) is 0 Å². The smallest absolute Gasteiger partial charge is 0.0686 e. The van der Waals surface area contributed by atoms with Crippen molar-refractivity contribution in [3.63, 3.8) is 0 Å². The molecular weight excluding hydrogens is 236 g/mol. The minimum Gasteiger partial charge on any atom is -0.197 e. The first kappa shape index (κ1) is 11.4. The van der Waals surface area contributed by atoms with Gasteiger partial charge in [-0.15, -0.1) is 4.91 Å². The monoisotopic (exact) mass is 248 g/mol. The van der Waals surface area contributed by atoms with Gasteiger partial charge in [0.25, 0.3) is 0 Å². The van der Waals surface area contributed by atoms with Crippen LogP contribution in [0.25, 0.3) is 21.8 Å². The molecule has 4 aromatic rings. The molecule has 0 radical (unpaired) electrons. The second-order valence-corrected chi connectivity index (χ2v) is 4.26. The zero-order chi connectivity index (χ0) is 13.1. The molecule has 0 saturated carbocycles. The van der Waals surface area contributed by atoms with Gasteiger partial charge < -0.3 is 0 Å². The van der Waals surface area contributed by atoms with Crippen molar-refractivity contribution in [3.8, 4) is 0 Å². The van der Waals surface area contributed by atoms with Crippen LogP contribution in [0.3, 0.4) is 0 Å². The Hall–Kier alpha value is -2.68. The molecule has 3 nitrogen and oxygen atoms in total. The maximum absolute atomic E-state index is 10.0. The van der Waals surface area contributed by atoms with E-state index in [0.717, 1.165) is 11.0 Å². The molecule has 2 aromatic carbocycles. The molecular formula is C16H12N2O. The fourth-order valence-corrected chi connectivity index (χ4v) is 2.11. The molecule has 19 heavy (non-hydrogen) atoms. The van der Waals surface area contributed by atoms with Gasteiger partial charge in [-0.2, -0.15) is 4.68 Å². The van der Waals surface area contributed by atoms with Gasteiger partial charge in [-0.05, 0) is 35.0 Å². The largest absolute Gasteiger partial charge is 0.197 e. The fourth-order valence-electron chi connectivity index (χ4n) is 2.11. The molecule has 0 aliphatic rings. The van der Waals surface area contributed by atoms with E-state index in [1.54, 1.807) is 0 Å². The Bertz CT molecular complexity index is 691. The Labute approximate surface area is 110 Å². The number of benzene rings is 3. The molecule has 0 amide bonds. The number of aromatic nitrogens is 1. The van der Waals surface area contributed by atoms with Gasteiger partial charge in [0.2, 0.25) is 0 Å². The zero-order valence-electron chi connectivity index (χ0n) is 10.2. The molecule has 0 fully saturated rings. The van der Waals surface area contributed by atoms with Crippen LogP contribution in [0.15, 0.2) is 78.1 Å². The molecule has 2 bridgehead atoms. The van der Waals surface area contributed by atoms with Gasteiger partial charge in [-0.3, -0.25) is 0 Å². The van der Waals surface area contributed by atoms with Crippen molar-refractivity contribution in [2.45, 2.75) is 0 Å². The van der Waals surface area contributed by atoms with Gasteiger partial charge in [0.05, 0.1) is 16.3 Å². The van der Waals surface area contributed by atoms with E-state index in [-0.39, 0.29) is 0 Å². The summed E-state index contributed by atoms with van der Waals surface area (Å²) in [5.41, 5.74) is 1.72. The molecule has 92 valence electrons. The summed E-state index contributed by atoms with van der Waals surface area (Å²) < 4.78 is 1.36. The average Bonchev–Trinajstić information content (AvgIpc) is 3.07. The molecule has 0 atom stereocenters. The highest BCUT2D eigenvalue weighted by Gasteiger charge is 2.00. The van der Waals surface area contributed by atoms with Crippen molar-refractivity contribution < 1.29 is 0 Å². The zero-order valence-corrected chi connectivity index (χ0v) is 10.2. The average molecular weight is 248 g/mol. The number of hydrogen-bond acceptors (Lipinski definition) is 2. The number of fused-ring (bicyclic) bond motifs is 3. The third kappa shape index (κ3) is 2.18. The number of rotatable bonds is 1. The van der Waals surface area contributed by atoms with E-state index >= 15 is 0 Å². The Morgan fingerprint density at radius 3 is 1.26 bits per heavy atom. The molecule has 4 rings (SSSR count). The van der Waals surface area contributed by atoms with E-state index in [4.69, 9.17) is 0 Å². The van der Waals surface area contributed by atoms with Crippen LogP contribution >= 0.6 is 0 Å². The standard InChI is InChI=1S/C10H8.C6H4N2O/c1-2-6-10-8-4-3-7-9(10)5-1;9-7-8-5-1-2-6(8)4-3-5/h1-8H;1-4H. The minimum atomic E-state index is 0.861. The predicted molar refractivity (Wildman–Crippen MR) is 78.3 cm³/mol. The van der Waals surface area contributed by atoms with Crippen LogP contribution in [0.2, 0.25) is 0 Å². The first-order valence-electron chi connectivity index (χ1n) is 6.06. The maximum atomic E-state index is 10.0. The van der Waals surface area contributed by atoms with E-state index in [9.17, 15) is 4.91 Å². The lowest BCUT2D eigenvalue weighted by molar-refractivity contribution is 0.961. The van der Waals surface area contributed by atoms with E-state index in [0.29, 0.717) is 0 Å². The van der Waals surface area contributed by atoms with Crippen molar-refractivity contribution in [2.75, 3.05) is 0 Å². The molecule has 0 aliphatic carbocycles. The Morgan fingerprint density at radius 1 is 0.632 bits per heavy atom. The summed E-state index contributed by atoms with van der Waals surface area (Å²) in [6.45, 7) is 0. The molecule has 0 aliphatic heterocycles. The van der Waals surface area contributed by atoms with Crippen molar-refractivity contribution in [1.82, 2.24) is 4.68 Å². The van der Waals surface area contributed by atoms with Crippen LogP contribution in [-0.4, -0.2) is 4.68 Å².